The number of hydrogen-bond acceptors (Lipinski definition) is 2. The van der Waals surface area contributed by atoms with Crippen LogP contribution in [0.2, 0.25) is 0 Å². The van der Waals surface area contributed by atoms with E-state index >= 15 is 0 Å². The van der Waals surface area contributed by atoms with Crippen LogP contribution in [0.25, 0.3) is 0 Å². The maximum atomic E-state index is 6.15. The second kappa shape index (κ2) is 6.13. The molecule has 0 aromatic rings. The summed E-state index contributed by atoms with van der Waals surface area (Å²) < 4.78 is 12.3. The van der Waals surface area contributed by atoms with E-state index in [1.54, 1.807) is 0 Å². The molecule has 0 aromatic carbocycles. The zero-order chi connectivity index (χ0) is 13.2. The highest BCUT2D eigenvalue weighted by Crippen LogP contribution is 2.41. The average molecular weight is 266 g/mol. The largest absolute Gasteiger partial charge is 0.346 e. The van der Waals surface area contributed by atoms with E-state index in [-0.39, 0.29) is 6.29 Å². The number of hydrogen-bond donors (Lipinski definition) is 0. The van der Waals surface area contributed by atoms with Gasteiger partial charge in [0, 0.05) is 5.92 Å². The molecule has 1 heterocycles. The molecule has 1 aliphatic heterocycles. The van der Waals surface area contributed by atoms with E-state index in [2.05, 4.69) is 13.8 Å². The fraction of sp³-hybridized carbons (Fsp3) is 1.00. The van der Waals surface area contributed by atoms with E-state index in [1.165, 1.54) is 57.8 Å². The number of rotatable bonds is 1. The SMILES string of the molecule is CC(C)C1OC2CCC3CCCCCC3CCC2O1. The summed E-state index contributed by atoms with van der Waals surface area (Å²) in [6, 6.07) is 0. The molecule has 110 valence electrons. The number of fused-ring (bicyclic) bond motifs is 2. The lowest BCUT2D eigenvalue weighted by Gasteiger charge is -2.31. The first kappa shape index (κ1) is 13.9. The molecule has 0 N–H and O–H groups in total. The average Bonchev–Trinajstić information content (AvgIpc) is 2.64. The van der Waals surface area contributed by atoms with Crippen molar-refractivity contribution in [2.45, 2.75) is 90.1 Å². The summed E-state index contributed by atoms with van der Waals surface area (Å²) in [6.45, 7) is 4.40. The lowest BCUT2D eigenvalue weighted by atomic mass is 9.77. The van der Waals surface area contributed by atoms with Crippen LogP contribution in [0.5, 0.6) is 0 Å². The van der Waals surface area contributed by atoms with Crippen molar-refractivity contribution < 1.29 is 9.47 Å². The molecule has 2 saturated carbocycles. The lowest BCUT2D eigenvalue weighted by Crippen LogP contribution is -2.29. The van der Waals surface area contributed by atoms with Gasteiger partial charge in [0.15, 0.2) is 6.29 Å². The van der Waals surface area contributed by atoms with Gasteiger partial charge in [-0.3, -0.25) is 0 Å². The highest BCUT2D eigenvalue weighted by Gasteiger charge is 2.40. The zero-order valence-corrected chi connectivity index (χ0v) is 12.6. The highest BCUT2D eigenvalue weighted by molar-refractivity contribution is 4.86. The predicted octanol–water partition coefficient (Wildman–Crippen LogP) is 4.52. The van der Waals surface area contributed by atoms with Gasteiger partial charge in [-0.15, -0.1) is 0 Å². The first-order chi connectivity index (χ1) is 9.24. The van der Waals surface area contributed by atoms with Crippen LogP contribution in [-0.4, -0.2) is 18.5 Å². The molecule has 2 aliphatic carbocycles. The van der Waals surface area contributed by atoms with Crippen LogP contribution < -0.4 is 0 Å². The highest BCUT2D eigenvalue weighted by atomic mass is 16.7. The van der Waals surface area contributed by atoms with Crippen LogP contribution >= 0.6 is 0 Å². The molecule has 3 fully saturated rings. The van der Waals surface area contributed by atoms with Crippen molar-refractivity contribution in [3.63, 3.8) is 0 Å². The molecule has 19 heavy (non-hydrogen) atoms. The Morgan fingerprint density at radius 2 is 1.21 bits per heavy atom. The van der Waals surface area contributed by atoms with Crippen molar-refractivity contribution in [1.29, 1.82) is 0 Å². The molecule has 0 spiro atoms. The molecular formula is C17H30O2. The van der Waals surface area contributed by atoms with E-state index in [1.807, 2.05) is 0 Å². The quantitative estimate of drug-likeness (QED) is 0.694. The van der Waals surface area contributed by atoms with Gasteiger partial charge in [0.05, 0.1) is 12.2 Å². The maximum Gasteiger partial charge on any atom is 0.160 e. The Hall–Kier alpha value is -0.0800. The second-order valence-electron chi connectivity index (χ2n) is 7.27. The molecule has 4 unspecified atom stereocenters. The summed E-state index contributed by atoms with van der Waals surface area (Å²) in [4.78, 5) is 0. The minimum Gasteiger partial charge on any atom is -0.346 e. The summed E-state index contributed by atoms with van der Waals surface area (Å²) in [6.07, 6.45) is 13.4. The van der Waals surface area contributed by atoms with Gasteiger partial charge < -0.3 is 9.47 Å². The van der Waals surface area contributed by atoms with E-state index < -0.39 is 0 Å². The van der Waals surface area contributed by atoms with Gasteiger partial charge in [0.25, 0.3) is 0 Å². The fourth-order valence-corrected chi connectivity index (χ4v) is 4.35. The molecule has 4 atom stereocenters. The first-order valence-corrected chi connectivity index (χ1v) is 8.55. The van der Waals surface area contributed by atoms with E-state index in [9.17, 15) is 0 Å². The van der Waals surface area contributed by atoms with E-state index in [0.29, 0.717) is 18.1 Å². The van der Waals surface area contributed by atoms with Gasteiger partial charge in [-0.25, -0.2) is 0 Å². The molecule has 0 aromatic heterocycles. The van der Waals surface area contributed by atoms with Crippen molar-refractivity contribution in [3.05, 3.63) is 0 Å². The molecule has 2 nitrogen and oxygen atoms in total. The Labute approximate surface area is 118 Å². The third-order valence-corrected chi connectivity index (χ3v) is 5.54. The Bertz CT molecular complexity index is 265. The minimum absolute atomic E-state index is 0.0536. The monoisotopic (exact) mass is 266 g/mol. The van der Waals surface area contributed by atoms with Gasteiger partial charge in [0.1, 0.15) is 0 Å². The Morgan fingerprint density at radius 1 is 0.684 bits per heavy atom. The molecular weight excluding hydrogens is 236 g/mol. The summed E-state index contributed by atoms with van der Waals surface area (Å²) >= 11 is 0. The first-order valence-electron chi connectivity index (χ1n) is 8.55. The Kier molecular flexibility index (Phi) is 4.48. The Balaban J connectivity index is 1.63. The van der Waals surface area contributed by atoms with Gasteiger partial charge in [-0.2, -0.15) is 0 Å². The van der Waals surface area contributed by atoms with Gasteiger partial charge in [0.2, 0.25) is 0 Å². The molecule has 0 radical (unpaired) electrons. The van der Waals surface area contributed by atoms with Crippen LogP contribution in [0.4, 0.5) is 0 Å². The number of ether oxygens (including phenoxy) is 2. The van der Waals surface area contributed by atoms with Crippen LogP contribution in [0.1, 0.15) is 71.6 Å². The van der Waals surface area contributed by atoms with Crippen molar-refractivity contribution >= 4 is 0 Å². The normalized spacial score (nSPS) is 44.1. The smallest absolute Gasteiger partial charge is 0.160 e. The summed E-state index contributed by atoms with van der Waals surface area (Å²) in [7, 11) is 0. The molecule has 2 heteroatoms. The molecule has 0 amide bonds. The van der Waals surface area contributed by atoms with Crippen LogP contribution in [-0.2, 0) is 9.47 Å². The minimum atomic E-state index is 0.0536. The van der Waals surface area contributed by atoms with E-state index in [4.69, 9.17) is 9.47 Å². The van der Waals surface area contributed by atoms with Crippen molar-refractivity contribution in [3.8, 4) is 0 Å². The molecule has 0 bridgehead atoms. The van der Waals surface area contributed by atoms with Gasteiger partial charge in [-0.1, -0.05) is 46.0 Å². The van der Waals surface area contributed by atoms with Gasteiger partial charge in [-0.05, 0) is 37.5 Å². The van der Waals surface area contributed by atoms with Crippen LogP contribution in [0, 0.1) is 17.8 Å². The summed E-state index contributed by atoms with van der Waals surface area (Å²) in [5.74, 6) is 2.44. The predicted molar refractivity (Wildman–Crippen MR) is 76.9 cm³/mol. The van der Waals surface area contributed by atoms with Crippen molar-refractivity contribution in [2.75, 3.05) is 0 Å². The third-order valence-electron chi connectivity index (χ3n) is 5.54. The topological polar surface area (TPSA) is 18.5 Å². The third kappa shape index (κ3) is 3.16. The molecule has 3 aliphatic rings. The summed E-state index contributed by atoms with van der Waals surface area (Å²) in [5.41, 5.74) is 0. The Morgan fingerprint density at radius 3 is 1.68 bits per heavy atom. The maximum absolute atomic E-state index is 6.15. The van der Waals surface area contributed by atoms with Gasteiger partial charge >= 0.3 is 0 Å². The standard InChI is InChI=1S/C17H30O2/c1-12(2)17-18-15-10-8-13-6-4-3-5-7-14(13)9-11-16(15)19-17/h12-17H,3-11H2,1-2H3. The molecule has 3 rings (SSSR count). The lowest BCUT2D eigenvalue weighted by molar-refractivity contribution is -0.0961. The summed E-state index contributed by atoms with van der Waals surface area (Å²) in [5, 5.41) is 0. The second-order valence-corrected chi connectivity index (χ2v) is 7.27. The zero-order valence-electron chi connectivity index (χ0n) is 12.6. The fourth-order valence-electron chi connectivity index (χ4n) is 4.35. The van der Waals surface area contributed by atoms with Crippen molar-refractivity contribution in [2.24, 2.45) is 17.8 Å². The van der Waals surface area contributed by atoms with Crippen LogP contribution in [0.3, 0.4) is 0 Å². The van der Waals surface area contributed by atoms with E-state index in [0.717, 1.165) is 11.8 Å². The van der Waals surface area contributed by atoms with Crippen molar-refractivity contribution in [1.82, 2.24) is 0 Å². The van der Waals surface area contributed by atoms with Crippen LogP contribution in [0.15, 0.2) is 0 Å². The molecule has 1 saturated heterocycles.